The zero-order chi connectivity index (χ0) is 14.8. The summed E-state index contributed by atoms with van der Waals surface area (Å²) < 4.78 is 1.06. The van der Waals surface area contributed by atoms with E-state index in [4.69, 9.17) is 9.97 Å². The fraction of sp³-hybridized carbons (Fsp3) is 0.412. The number of hydrogen-bond acceptors (Lipinski definition) is 3. The molecule has 0 fully saturated rings. The second kappa shape index (κ2) is 6.14. The maximum atomic E-state index is 4.84. The predicted molar refractivity (Wildman–Crippen MR) is 90.7 cm³/mol. The van der Waals surface area contributed by atoms with Crippen LogP contribution >= 0.6 is 15.9 Å². The monoisotopic (exact) mass is 345 g/mol. The molecule has 0 saturated heterocycles. The predicted octanol–water partition coefficient (Wildman–Crippen LogP) is 4.53. The van der Waals surface area contributed by atoms with Gasteiger partial charge in [-0.1, -0.05) is 22.0 Å². The third-order valence-corrected chi connectivity index (χ3v) is 4.55. The molecule has 1 aliphatic rings. The Hall–Kier alpha value is -1.42. The maximum absolute atomic E-state index is 4.84. The molecule has 0 radical (unpaired) electrons. The first-order chi connectivity index (χ1) is 10.2. The highest BCUT2D eigenvalue weighted by Gasteiger charge is 2.18. The lowest BCUT2D eigenvalue weighted by atomic mass is 9.96. The summed E-state index contributed by atoms with van der Waals surface area (Å²) in [6, 6.07) is 6.32. The molecular weight excluding hydrogens is 326 g/mol. The van der Waals surface area contributed by atoms with Gasteiger partial charge in [-0.15, -0.1) is 0 Å². The number of aryl methyl sites for hydroxylation is 2. The van der Waals surface area contributed by atoms with E-state index in [1.165, 1.54) is 29.7 Å². The number of fused-ring (bicyclic) bond motifs is 1. The summed E-state index contributed by atoms with van der Waals surface area (Å²) in [4.78, 5) is 9.62. The highest BCUT2D eigenvalue weighted by Crippen LogP contribution is 2.31. The van der Waals surface area contributed by atoms with Crippen molar-refractivity contribution in [3.63, 3.8) is 0 Å². The molecule has 1 aliphatic carbocycles. The summed E-state index contributed by atoms with van der Waals surface area (Å²) in [5.74, 6) is 1.84. The van der Waals surface area contributed by atoms with Crippen LogP contribution in [0.2, 0.25) is 0 Å². The van der Waals surface area contributed by atoms with Crippen molar-refractivity contribution in [2.45, 2.75) is 39.5 Å². The topological polar surface area (TPSA) is 37.8 Å². The number of nitrogens with zero attached hydrogens (tertiary/aromatic N) is 2. The molecule has 1 N–H and O–H groups in total. The van der Waals surface area contributed by atoms with Crippen LogP contribution < -0.4 is 5.32 Å². The van der Waals surface area contributed by atoms with Crippen molar-refractivity contribution in [1.29, 1.82) is 0 Å². The number of benzene rings is 1. The van der Waals surface area contributed by atoms with E-state index in [0.29, 0.717) is 0 Å². The summed E-state index contributed by atoms with van der Waals surface area (Å²) in [5, 5.41) is 3.41. The fourth-order valence-electron chi connectivity index (χ4n) is 2.83. The van der Waals surface area contributed by atoms with Crippen LogP contribution in [0.5, 0.6) is 0 Å². The van der Waals surface area contributed by atoms with E-state index in [9.17, 15) is 0 Å². The van der Waals surface area contributed by atoms with Crippen LogP contribution in [0, 0.1) is 6.92 Å². The van der Waals surface area contributed by atoms with Gasteiger partial charge in [0, 0.05) is 27.8 Å². The van der Waals surface area contributed by atoms with Crippen molar-refractivity contribution in [2.24, 2.45) is 0 Å². The molecule has 21 heavy (non-hydrogen) atoms. The van der Waals surface area contributed by atoms with Gasteiger partial charge in [0.15, 0.2) is 5.82 Å². The molecule has 3 rings (SSSR count). The molecule has 0 amide bonds. The van der Waals surface area contributed by atoms with Gasteiger partial charge < -0.3 is 5.32 Å². The van der Waals surface area contributed by atoms with Crippen molar-refractivity contribution in [3.8, 4) is 11.4 Å². The number of aromatic nitrogens is 2. The number of nitrogens with one attached hydrogen (secondary N) is 1. The van der Waals surface area contributed by atoms with Gasteiger partial charge in [-0.3, -0.25) is 0 Å². The zero-order valence-electron chi connectivity index (χ0n) is 12.5. The van der Waals surface area contributed by atoms with Gasteiger partial charge in [-0.05, 0) is 57.2 Å². The largest absolute Gasteiger partial charge is 0.370 e. The lowest BCUT2D eigenvalue weighted by molar-refractivity contribution is 0.664. The van der Waals surface area contributed by atoms with Crippen LogP contribution in [0.15, 0.2) is 22.7 Å². The first kappa shape index (κ1) is 14.5. The first-order valence-electron chi connectivity index (χ1n) is 7.59. The van der Waals surface area contributed by atoms with Crippen LogP contribution in [0.4, 0.5) is 5.82 Å². The number of halogens is 1. The Kier molecular flexibility index (Phi) is 4.24. The molecule has 110 valence electrons. The van der Waals surface area contributed by atoms with E-state index in [1.807, 2.05) is 0 Å². The number of anilines is 1. The lowest BCUT2D eigenvalue weighted by Gasteiger charge is -2.20. The van der Waals surface area contributed by atoms with E-state index in [-0.39, 0.29) is 0 Å². The minimum absolute atomic E-state index is 0.818. The van der Waals surface area contributed by atoms with Crippen molar-refractivity contribution in [3.05, 3.63) is 39.5 Å². The molecule has 3 nitrogen and oxygen atoms in total. The molecular formula is C17H20BrN3. The zero-order valence-corrected chi connectivity index (χ0v) is 14.1. The van der Waals surface area contributed by atoms with Gasteiger partial charge in [0.1, 0.15) is 5.82 Å². The van der Waals surface area contributed by atoms with E-state index in [1.54, 1.807) is 0 Å². The number of hydrogen-bond donors (Lipinski definition) is 1. The van der Waals surface area contributed by atoms with Gasteiger partial charge in [0.05, 0.1) is 0 Å². The Morgan fingerprint density at radius 3 is 2.76 bits per heavy atom. The third kappa shape index (κ3) is 2.95. The molecule has 0 spiro atoms. The Morgan fingerprint density at radius 2 is 2.00 bits per heavy atom. The second-order valence-corrected chi connectivity index (χ2v) is 6.40. The molecule has 0 saturated carbocycles. The molecule has 0 bridgehead atoms. The Balaban J connectivity index is 2.12. The Labute approximate surface area is 134 Å². The first-order valence-corrected chi connectivity index (χ1v) is 8.38. The molecule has 2 aromatic rings. The summed E-state index contributed by atoms with van der Waals surface area (Å²) in [6.45, 7) is 5.09. The van der Waals surface area contributed by atoms with Crippen molar-refractivity contribution in [1.82, 2.24) is 9.97 Å². The van der Waals surface area contributed by atoms with Crippen LogP contribution in [0.25, 0.3) is 11.4 Å². The quantitative estimate of drug-likeness (QED) is 0.888. The molecule has 1 aromatic heterocycles. The molecule has 4 heteroatoms. The average Bonchev–Trinajstić information content (AvgIpc) is 2.47. The van der Waals surface area contributed by atoms with E-state index >= 15 is 0 Å². The number of rotatable bonds is 3. The average molecular weight is 346 g/mol. The highest BCUT2D eigenvalue weighted by atomic mass is 79.9. The Bertz CT molecular complexity index is 667. The van der Waals surface area contributed by atoms with E-state index in [0.717, 1.165) is 41.1 Å². The van der Waals surface area contributed by atoms with Gasteiger partial charge >= 0.3 is 0 Å². The molecule has 0 atom stereocenters. The van der Waals surface area contributed by atoms with Crippen LogP contribution in [-0.2, 0) is 12.8 Å². The maximum Gasteiger partial charge on any atom is 0.162 e. The summed E-state index contributed by atoms with van der Waals surface area (Å²) in [5.41, 5.74) is 4.83. The van der Waals surface area contributed by atoms with E-state index in [2.05, 4.69) is 53.3 Å². The standard InChI is InChI=1S/C17H20BrN3/c1-3-19-16-13-6-4-5-7-15(13)20-17(21-16)12-9-8-11(2)10-14(12)18/h8-10H,3-7H2,1-2H3,(H,19,20,21). The van der Waals surface area contributed by atoms with Crippen molar-refractivity contribution in [2.75, 3.05) is 11.9 Å². The van der Waals surface area contributed by atoms with Gasteiger partial charge in [-0.2, -0.15) is 0 Å². The fourth-order valence-corrected chi connectivity index (χ4v) is 3.50. The van der Waals surface area contributed by atoms with Gasteiger partial charge in [0.2, 0.25) is 0 Å². The van der Waals surface area contributed by atoms with Crippen molar-refractivity contribution < 1.29 is 0 Å². The van der Waals surface area contributed by atoms with Crippen LogP contribution in [0.1, 0.15) is 36.6 Å². The van der Waals surface area contributed by atoms with Gasteiger partial charge in [0.25, 0.3) is 0 Å². The van der Waals surface area contributed by atoms with Crippen molar-refractivity contribution >= 4 is 21.7 Å². The summed E-state index contributed by atoms with van der Waals surface area (Å²) in [7, 11) is 0. The molecule has 1 heterocycles. The SMILES string of the molecule is CCNc1nc(-c2ccc(C)cc2Br)nc2c1CCCC2. The third-order valence-electron chi connectivity index (χ3n) is 3.89. The smallest absolute Gasteiger partial charge is 0.162 e. The summed E-state index contributed by atoms with van der Waals surface area (Å²) in [6.07, 6.45) is 4.62. The van der Waals surface area contributed by atoms with Gasteiger partial charge in [-0.25, -0.2) is 9.97 Å². The second-order valence-electron chi connectivity index (χ2n) is 5.54. The minimum Gasteiger partial charge on any atom is -0.370 e. The summed E-state index contributed by atoms with van der Waals surface area (Å²) >= 11 is 3.64. The Morgan fingerprint density at radius 1 is 1.19 bits per heavy atom. The van der Waals surface area contributed by atoms with E-state index < -0.39 is 0 Å². The normalized spacial score (nSPS) is 13.9. The molecule has 0 unspecified atom stereocenters. The highest BCUT2D eigenvalue weighted by molar-refractivity contribution is 9.10. The molecule has 1 aromatic carbocycles. The van der Waals surface area contributed by atoms with Crippen LogP contribution in [-0.4, -0.2) is 16.5 Å². The van der Waals surface area contributed by atoms with Crippen LogP contribution in [0.3, 0.4) is 0 Å². The lowest BCUT2D eigenvalue weighted by Crippen LogP contribution is -2.13. The molecule has 0 aliphatic heterocycles. The minimum atomic E-state index is 0.818.